The minimum absolute atomic E-state index is 0.167. The van der Waals surface area contributed by atoms with Gasteiger partial charge in [-0.05, 0) is 12.8 Å². The van der Waals surface area contributed by atoms with Gasteiger partial charge in [-0.2, -0.15) is 0 Å². The summed E-state index contributed by atoms with van der Waals surface area (Å²) in [5, 5.41) is 2.44. The molecular weight excluding hydrogens is 288 g/mol. The van der Waals surface area contributed by atoms with Crippen LogP contribution in [-0.4, -0.2) is 35.4 Å². The van der Waals surface area contributed by atoms with Gasteiger partial charge in [-0.3, -0.25) is 4.79 Å². The van der Waals surface area contributed by atoms with Gasteiger partial charge in [0.1, 0.15) is 5.01 Å². The van der Waals surface area contributed by atoms with Crippen molar-refractivity contribution in [1.29, 1.82) is 0 Å². The number of hydrogen-bond acceptors (Lipinski definition) is 5. The maximum Gasteiger partial charge on any atom is 0.357 e. The van der Waals surface area contributed by atoms with Gasteiger partial charge in [0, 0.05) is 18.3 Å². The molecule has 0 radical (unpaired) electrons. The highest BCUT2D eigenvalue weighted by Gasteiger charge is 2.16. The van der Waals surface area contributed by atoms with Crippen LogP contribution in [0.2, 0.25) is 0 Å². The fourth-order valence-corrected chi connectivity index (χ4v) is 2.77. The molecule has 0 saturated carbocycles. The van der Waals surface area contributed by atoms with Crippen LogP contribution in [0.5, 0.6) is 0 Å². The summed E-state index contributed by atoms with van der Waals surface area (Å²) in [6.07, 6.45) is 4.62. The number of amides is 1. The lowest BCUT2D eigenvalue weighted by Gasteiger charge is -2.21. The Bertz CT molecular complexity index is 460. The number of thiazole rings is 1. The lowest BCUT2D eigenvalue weighted by atomic mass is 10.2. The Morgan fingerprint density at radius 2 is 2.05 bits per heavy atom. The van der Waals surface area contributed by atoms with Crippen LogP contribution in [0.1, 0.15) is 61.4 Å². The van der Waals surface area contributed by atoms with E-state index in [1.807, 2.05) is 11.8 Å². The third-order valence-electron chi connectivity index (χ3n) is 3.11. The quantitative estimate of drug-likeness (QED) is 0.519. The van der Waals surface area contributed by atoms with Crippen molar-refractivity contribution in [2.24, 2.45) is 0 Å². The molecule has 0 unspecified atom stereocenters. The van der Waals surface area contributed by atoms with E-state index in [0.717, 1.165) is 37.2 Å². The minimum atomic E-state index is -0.436. The molecule has 0 saturated heterocycles. The van der Waals surface area contributed by atoms with Crippen molar-refractivity contribution in [3.05, 3.63) is 16.1 Å². The van der Waals surface area contributed by atoms with Crippen molar-refractivity contribution in [3.63, 3.8) is 0 Å². The van der Waals surface area contributed by atoms with Crippen molar-refractivity contribution in [2.45, 2.75) is 52.5 Å². The van der Waals surface area contributed by atoms with Gasteiger partial charge in [-0.25, -0.2) is 9.78 Å². The molecule has 1 aromatic heterocycles. The Kier molecular flexibility index (Phi) is 7.97. The summed E-state index contributed by atoms with van der Waals surface area (Å²) in [7, 11) is 1.34. The lowest BCUT2D eigenvalue weighted by molar-refractivity contribution is -0.132. The second-order valence-corrected chi connectivity index (χ2v) is 5.83. The molecule has 5 nitrogen and oxygen atoms in total. The average molecular weight is 312 g/mol. The first kappa shape index (κ1) is 17.6. The number of hydrogen-bond donors (Lipinski definition) is 0. The van der Waals surface area contributed by atoms with E-state index in [9.17, 15) is 9.59 Å². The van der Waals surface area contributed by atoms with Gasteiger partial charge in [-0.1, -0.05) is 26.7 Å². The van der Waals surface area contributed by atoms with Crippen LogP contribution in [0.3, 0.4) is 0 Å². The minimum Gasteiger partial charge on any atom is -0.464 e. The van der Waals surface area contributed by atoms with Crippen LogP contribution >= 0.6 is 11.3 Å². The molecule has 0 spiro atoms. The summed E-state index contributed by atoms with van der Waals surface area (Å²) in [6.45, 7) is 5.37. The first-order chi connectivity index (χ1) is 10.1. The van der Waals surface area contributed by atoms with Crippen LogP contribution in [0.25, 0.3) is 0 Å². The molecule has 0 bridgehead atoms. The second-order valence-electron chi connectivity index (χ2n) is 4.89. The van der Waals surface area contributed by atoms with Gasteiger partial charge in [0.2, 0.25) is 5.91 Å². The molecule has 0 N–H and O–H groups in total. The number of carbonyl (C=O) groups is 2. The van der Waals surface area contributed by atoms with E-state index >= 15 is 0 Å². The third kappa shape index (κ3) is 5.83. The van der Waals surface area contributed by atoms with Crippen molar-refractivity contribution in [3.8, 4) is 0 Å². The highest BCUT2D eigenvalue weighted by atomic mass is 32.1. The smallest absolute Gasteiger partial charge is 0.357 e. The SMILES string of the molecule is CCCCCC(=O)N(CCC)Cc1nc(C(=O)OC)cs1. The lowest BCUT2D eigenvalue weighted by Crippen LogP contribution is -2.31. The highest BCUT2D eigenvalue weighted by molar-refractivity contribution is 7.09. The van der Waals surface area contributed by atoms with E-state index < -0.39 is 5.97 Å². The molecule has 0 aliphatic rings. The summed E-state index contributed by atoms with van der Waals surface area (Å²) in [6, 6.07) is 0. The molecule has 0 fully saturated rings. The van der Waals surface area contributed by atoms with E-state index in [1.54, 1.807) is 5.38 Å². The van der Waals surface area contributed by atoms with Gasteiger partial charge in [0.05, 0.1) is 13.7 Å². The Balaban J connectivity index is 2.62. The summed E-state index contributed by atoms with van der Waals surface area (Å²) < 4.78 is 4.64. The first-order valence-electron chi connectivity index (χ1n) is 7.42. The van der Waals surface area contributed by atoms with Gasteiger partial charge in [0.25, 0.3) is 0 Å². The van der Waals surface area contributed by atoms with Gasteiger partial charge in [0.15, 0.2) is 5.69 Å². The van der Waals surface area contributed by atoms with Crippen LogP contribution < -0.4 is 0 Å². The number of methoxy groups -OCH3 is 1. The number of ether oxygens (including phenoxy) is 1. The van der Waals surface area contributed by atoms with Crippen LogP contribution in [0.15, 0.2) is 5.38 Å². The fraction of sp³-hybridized carbons (Fsp3) is 0.667. The van der Waals surface area contributed by atoms with Crippen LogP contribution in [-0.2, 0) is 16.1 Å². The van der Waals surface area contributed by atoms with E-state index in [4.69, 9.17) is 0 Å². The molecule has 1 heterocycles. The zero-order chi connectivity index (χ0) is 15.7. The number of aromatic nitrogens is 1. The fourth-order valence-electron chi connectivity index (χ4n) is 1.99. The van der Waals surface area contributed by atoms with Gasteiger partial charge >= 0.3 is 5.97 Å². The predicted molar refractivity (Wildman–Crippen MR) is 83.3 cm³/mol. The monoisotopic (exact) mass is 312 g/mol. The van der Waals surface area contributed by atoms with Crippen molar-refractivity contribution >= 4 is 23.2 Å². The molecule has 0 atom stereocenters. The van der Waals surface area contributed by atoms with Crippen molar-refractivity contribution < 1.29 is 14.3 Å². The summed E-state index contributed by atoms with van der Waals surface area (Å²) in [4.78, 5) is 29.7. The largest absolute Gasteiger partial charge is 0.464 e. The molecule has 21 heavy (non-hydrogen) atoms. The molecule has 1 rings (SSSR count). The normalized spacial score (nSPS) is 10.4. The number of rotatable bonds is 9. The summed E-state index contributed by atoms with van der Waals surface area (Å²) in [5.74, 6) is -0.270. The number of carbonyl (C=O) groups excluding carboxylic acids is 2. The van der Waals surface area contributed by atoms with Crippen LogP contribution in [0, 0.1) is 0 Å². The average Bonchev–Trinajstić information content (AvgIpc) is 2.94. The van der Waals surface area contributed by atoms with Crippen molar-refractivity contribution in [1.82, 2.24) is 9.88 Å². The van der Waals surface area contributed by atoms with E-state index in [1.165, 1.54) is 18.4 Å². The molecule has 0 aromatic carbocycles. The first-order valence-corrected chi connectivity index (χ1v) is 8.30. The Labute approximate surface area is 130 Å². The maximum absolute atomic E-state index is 12.2. The number of unbranched alkanes of at least 4 members (excludes halogenated alkanes) is 2. The predicted octanol–water partition coefficient (Wildman–Crippen LogP) is 3.25. The standard InChI is InChI=1S/C15H24N2O3S/c1-4-6-7-8-14(18)17(9-5-2)10-13-16-12(11-21-13)15(19)20-3/h11H,4-10H2,1-3H3. The summed E-state index contributed by atoms with van der Waals surface area (Å²) in [5.41, 5.74) is 0.312. The van der Waals surface area contributed by atoms with Gasteiger partial charge < -0.3 is 9.64 Å². The second kappa shape index (κ2) is 9.50. The Morgan fingerprint density at radius 3 is 2.67 bits per heavy atom. The third-order valence-corrected chi connectivity index (χ3v) is 3.95. The molecule has 6 heteroatoms. The molecule has 118 valence electrons. The Hall–Kier alpha value is -1.43. The zero-order valence-electron chi connectivity index (χ0n) is 13.1. The topological polar surface area (TPSA) is 59.5 Å². The van der Waals surface area contributed by atoms with E-state index in [-0.39, 0.29) is 5.91 Å². The highest BCUT2D eigenvalue weighted by Crippen LogP contribution is 2.15. The molecular formula is C15H24N2O3S. The molecule has 0 aliphatic carbocycles. The summed E-state index contributed by atoms with van der Waals surface area (Å²) >= 11 is 1.39. The maximum atomic E-state index is 12.2. The molecule has 0 aliphatic heterocycles. The Morgan fingerprint density at radius 1 is 1.29 bits per heavy atom. The van der Waals surface area contributed by atoms with E-state index in [2.05, 4.69) is 16.6 Å². The molecule has 1 amide bonds. The van der Waals surface area contributed by atoms with Crippen LogP contribution in [0.4, 0.5) is 0 Å². The zero-order valence-corrected chi connectivity index (χ0v) is 13.9. The van der Waals surface area contributed by atoms with Crippen molar-refractivity contribution in [2.75, 3.05) is 13.7 Å². The number of nitrogens with zero attached hydrogens (tertiary/aromatic N) is 2. The number of esters is 1. The molecule has 1 aromatic rings. The van der Waals surface area contributed by atoms with E-state index in [0.29, 0.717) is 18.7 Å². The van der Waals surface area contributed by atoms with Gasteiger partial charge in [-0.15, -0.1) is 11.3 Å².